The average Bonchev–Trinajstić information content (AvgIpc) is 2.67. The van der Waals surface area contributed by atoms with Crippen molar-refractivity contribution in [1.29, 1.82) is 0 Å². The quantitative estimate of drug-likeness (QED) is 0.519. The molecule has 0 aliphatic carbocycles. The monoisotopic (exact) mass is 424 g/mol. The van der Waals surface area contributed by atoms with Gasteiger partial charge in [0.05, 0.1) is 5.56 Å². The number of esters is 1. The number of halogens is 3. The number of pyridine rings is 1. The highest BCUT2D eigenvalue weighted by atomic mass is 19.4. The van der Waals surface area contributed by atoms with E-state index in [0.29, 0.717) is 41.4 Å². The van der Waals surface area contributed by atoms with Crippen LogP contribution in [0.2, 0.25) is 0 Å². The number of alkyl halides is 3. The van der Waals surface area contributed by atoms with Gasteiger partial charge in [-0.3, -0.25) is 19.2 Å². The molecule has 1 aromatic carbocycles. The van der Waals surface area contributed by atoms with Crippen LogP contribution in [0.1, 0.15) is 35.7 Å². The molecule has 1 amide bonds. The number of ether oxygens (including phenoxy) is 1. The maximum absolute atomic E-state index is 12.7. The van der Waals surface area contributed by atoms with Gasteiger partial charge in [-0.05, 0) is 36.8 Å². The van der Waals surface area contributed by atoms with Crippen LogP contribution in [-0.2, 0) is 27.0 Å². The first-order chi connectivity index (χ1) is 14.1. The molecular formula is C20H19F3N2O5. The summed E-state index contributed by atoms with van der Waals surface area (Å²) >= 11 is 0. The molecule has 1 heterocycles. The number of hydrogen-bond acceptors (Lipinski definition) is 5. The first kappa shape index (κ1) is 22.9. The van der Waals surface area contributed by atoms with Crippen LogP contribution in [0, 0.1) is 0 Å². The molecule has 0 radical (unpaired) electrons. The maximum atomic E-state index is 12.7. The Bertz CT molecular complexity index is 981. The van der Waals surface area contributed by atoms with Gasteiger partial charge in [0.15, 0.2) is 12.4 Å². The first-order valence-electron chi connectivity index (χ1n) is 8.96. The average molecular weight is 424 g/mol. The lowest BCUT2D eigenvalue weighted by molar-refractivity contribution is -0.144. The van der Waals surface area contributed by atoms with Gasteiger partial charge in [-0.25, -0.2) is 0 Å². The second kappa shape index (κ2) is 9.86. The molecule has 0 fully saturated rings. The number of hydrogen-bond donors (Lipinski definition) is 1. The van der Waals surface area contributed by atoms with Crippen molar-refractivity contribution in [1.82, 2.24) is 4.57 Å². The molecule has 0 aliphatic rings. The van der Waals surface area contributed by atoms with Gasteiger partial charge in [-0.2, -0.15) is 13.2 Å². The summed E-state index contributed by atoms with van der Waals surface area (Å²) in [6, 6.07) is 7.23. The van der Waals surface area contributed by atoms with Crippen molar-refractivity contribution < 1.29 is 32.3 Å². The molecule has 0 bridgehead atoms. The van der Waals surface area contributed by atoms with Crippen molar-refractivity contribution in [2.75, 3.05) is 11.9 Å². The molecule has 1 aromatic heterocycles. The lowest BCUT2D eigenvalue weighted by Gasteiger charge is -2.10. The summed E-state index contributed by atoms with van der Waals surface area (Å²) in [5, 5.41) is 2.66. The standard InChI is InChI=1S/C20H19F3N2O5/c1-2-3-17(27)24-15-7-4-13(5-8-15)16(26)12-30-19(29)11-25-10-14(20(21,22)23)6-9-18(25)28/h4-10H,2-3,11-12H2,1H3,(H,24,27). The van der Waals surface area contributed by atoms with Gasteiger partial charge in [0.25, 0.3) is 5.56 Å². The number of carbonyl (C=O) groups is 3. The lowest BCUT2D eigenvalue weighted by atomic mass is 10.1. The van der Waals surface area contributed by atoms with Gasteiger partial charge < -0.3 is 14.6 Å². The Hall–Kier alpha value is -3.43. The topological polar surface area (TPSA) is 94.5 Å². The summed E-state index contributed by atoms with van der Waals surface area (Å²) in [7, 11) is 0. The lowest BCUT2D eigenvalue weighted by Crippen LogP contribution is -2.27. The van der Waals surface area contributed by atoms with Gasteiger partial charge >= 0.3 is 12.1 Å². The number of ketones is 1. The summed E-state index contributed by atoms with van der Waals surface area (Å²) in [5.41, 5.74) is -1.18. The molecule has 0 unspecified atom stereocenters. The van der Waals surface area contributed by atoms with E-state index in [1.165, 1.54) is 24.3 Å². The number of amides is 1. The van der Waals surface area contributed by atoms with E-state index in [1.807, 2.05) is 6.92 Å². The number of benzene rings is 1. The highest BCUT2D eigenvalue weighted by Gasteiger charge is 2.31. The largest absolute Gasteiger partial charge is 0.456 e. The third-order valence-corrected chi connectivity index (χ3v) is 3.94. The molecule has 7 nitrogen and oxygen atoms in total. The van der Waals surface area contributed by atoms with Crippen LogP contribution < -0.4 is 10.9 Å². The van der Waals surface area contributed by atoms with E-state index in [9.17, 15) is 32.3 Å². The number of nitrogens with one attached hydrogen (secondary N) is 1. The van der Waals surface area contributed by atoms with Crippen LogP contribution in [-0.4, -0.2) is 28.8 Å². The maximum Gasteiger partial charge on any atom is 0.417 e. The first-order valence-corrected chi connectivity index (χ1v) is 8.96. The molecule has 160 valence electrons. The molecule has 30 heavy (non-hydrogen) atoms. The second-order valence-electron chi connectivity index (χ2n) is 6.34. The van der Waals surface area contributed by atoms with Crippen molar-refractivity contribution in [2.45, 2.75) is 32.5 Å². The SMILES string of the molecule is CCCC(=O)Nc1ccc(C(=O)COC(=O)Cn2cc(C(F)(F)F)ccc2=O)cc1. The minimum Gasteiger partial charge on any atom is -0.456 e. The van der Waals surface area contributed by atoms with Crippen molar-refractivity contribution in [3.63, 3.8) is 0 Å². The summed E-state index contributed by atoms with van der Waals surface area (Å²) in [5.74, 6) is -1.74. The highest BCUT2D eigenvalue weighted by molar-refractivity contribution is 5.98. The van der Waals surface area contributed by atoms with E-state index >= 15 is 0 Å². The second-order valence-corrected chi connectivity index (χ2v) is 6.34. The minimum absolute atomic E-state index is 0.157. The minimum atomic E-state index is -4.67. The zero-order valence-electron chi connectivity index (χ0n) is 16.0. The van der Waals surface area contributed by atoms with Gasteiger partial charge in [-0.1, -0.05) is 6.92 Å². The molecule has 2 rings (SSSR count). The molecule has 0 atom stereocenters. The van der Waals surface area contributed by atoms with Crippen LogP contribution in [0.5, 0.6) is 0 Å². The van der Waals surface area contributed by atoms with E-state index < -0.39 is 42.2 Å². The van der Waals surface area contributed by atoms with Crippen LogP contribution in [0.15, 0.2) is 47.4 Å². The summed E-state index contributed by atoms with van der Waals surface area (Å²) < 4.78 is 43.5. The zero-order chi connectivity index (χ0) is 22.3. The van der Waals surface area contributed by atoms with Crippen molar-refractivity contribution in [3.05, 3.63) is 64.1 Å². The Morgan fingerprint density at radius 3 is 2.33 bits per heavy atom. The summed E-state index contributed by atoms with van der Waals surface area (Å²) in [4.78, 5) is 47.1. The van der Waals surface area contributed by atoms with E-state index in [-0.39, 0.29) is 11.5 Å². The number of Topliss-reactive ketones (excluding diaryl/α,β-unsaturated/α-hetero) is 1. The normalized spacial score (nSPS) is 11.1. The summed E-state index contributed by atoms with van der Waals surface area (Å²) in [6.07, 6.45) is -3.10. The molecule has 0 aliphatic heterocycles. The number of rotatable bonds is 8. The van der Waals surface area contributed by atoms with Crippen molar-refractivity contribution >= 4 is 23.3 Å². The van der Waals surface area contributed by atoms with Crippen LogP contribution in [0.3, 0.4) is 0 Å². The van der Waals surface area contributed by atoms with Crippen LogP contribution in [0.4, 0.5) is 18.9 Å². The fraction of sp³-hybridized carbons (Fsp3) is 0.300. The van der Waals surface area contributed by atoms with E-state index in [0.717, 1.165) is 0 Å². The number of anilines is 1. The molecule has 10 heteroatoms. The number of carbonyl (C=O) groups excluding carboxylic acids is 3. The van der Waals surface area contributed by atoms with E-state index in [1.54, 1.807) is 0 Å². The molecule has 0 saturated carbocycles. The van der Waals surface area contributed by atoms with Crippen molar-refractivity contribution in [2.24, 2.45) is 0 Å². The van der Waals surface area contributed by atoms with E-state index in [2.05, 4.69) is 5.32 Å². The third kappa shape index (κ3) is 6.57. The Morgan fingerprint density at radius 2 is 1.73 bits per heavy atom. The Kier molecular flexibility index (Phi) is 7.51. The smallest absolute Gasteiger partial charge is 0.417 e. The molecule has 0 saturated heterocycles. The molecule has 2 aromatic rings. The number of nitrogens with zero attached hydrogens (tertiary/aromatic N) is 1. The van der Waals surface area contributed by atoms with E-state index in [4.69, 9.17) is 4.74 Å². The zero-order valence-corrected chi connectivity index (χ0v) is 16.0. The van der Waals surface area contributed by atoms with Gasteiger partial charge in [0.1, 0.15) is 6.54 Å². The van der Waals surface area contributed by atoms with Crippen LogP contribution in [0.25, 0.3) is 0 Å². The predicted octanol–water partition coefficient (Wildman–Crippen LogP) is 3.03. The fourth-order valence-electron chi connectivity index (χ4n) is 2.43. The Morgan fingerprint density at radius 1 is 1.07 bits per heavy atom. The van der Waals surface area contributed by atoms with Gasteiger partial charge in [0.2, 0.25) is 5.91 Å². The number of aromatic nitrogens is 1. The van der Waals surface area contributed by atoms with Gasteiger partial charge in [-0.15, -0.1) is 0 Å². The molecule has 0 spiro atoms. The Labute approximate surface area is 169 Å². The summed E-state index contributed by atoms with van der Waals surface area (Å²) in [6.45, 7) is 0.457. The predicted molar refractivity (Wildman–Crippen MR) is 101 cm³/mol. The highest BCUT2D eigenvalue weighted by Crippen LogP contribution is 2.28. The third-order valence-electron chi connectivity index (χ3n) is 3.94. The van der Waals surface area contributed by atoms with Gasteiger partial charge in [0, 0.05) is 29.9 Å². The molecular weight excluding hydrogens is 405 g/mol. The van der Waals surface area contributed by atoms with Crippen molar-refractivity contribution in [3.8, 4) is 0 Å². The molecule has 1 N–H and O–H groups in total. The fourth-order valence-corrected chi connectivity index (χ4v) is 2.43. The van der Waals surface area contributed by atoms with Crippen LogP contribution >= 0.6 is 0 Å². The Balaban J connectivity index is 1.93.